The number of oxazole rings is 1. The monoisotopic (exact) mass is 318 g/mol. The highest BCUT2D eigenvalue weighted by Gasteiger charge is 2.14. The number of hydrogen-bond acceptors (Lipinski definition) is 4. The van der Waals surface area contributed by atoms with Gasteiger partial charge in [0.05, 0.1) is 10.5 Å². The van der Waals surface area contributed by atoms with Gasteiger partial charge in [0.1, 0.15) is 4.34 Å². The van der Waals surface area contributed by atoms with Gasteiger partial charge in [0, 0.05) is 24.1 Å². The van der Waals surface area contributed by atoms with E-state index in [1.807, 2.05) is 0 Å². The van der Waals surface area contributed by atoms with Crippen molar-refractivity contribution < 1.29 is 4.42 Å². The van der Waals surface area contributed by atoms with Crippen molar-refractivity contribution in [3.05, 3.63) is 26.8 Å². The SMILES string of the molecule is CC(C)(C)NCCc1ncc(-c2cc(Cl)sc2Cl)o1. The molecule has 0 fully saturated rings. The molecule has 0 spiro atoms. The second-order valence-electron chi connectivity index (χ2n) is 5.28. The van der Waals surface area contributed by atoms with Gasteiger partial charge in [-0.15, -0.1) is 11.3 Å². The maximum absolute atomic E-state index is 6.09. The van der Waals surface area contributed by atoms with Crippen molar-refractivity contribution in [1.29, 1.82) is 0 Å². The molecule has 0 saturated carbocycles. The zero-order valence-corrected chi connectivity index (χ0v) is 13.4. The Morgan fingerprint density at radius 3 is 2.68 bits per heavy atom. The molecule has 3 nitrogen and oxygen atoms in total. The molecule has 0 amide bonds. The third-order valence-corrected chi connectivity index (χ3v) is 3.96. The Bertz CT molecular complexity index is 557. The molecule has 2 aromatic rings. The molecule has 104 valence electrons. The third kappa shape index (κ3) is 4.21. The number of aromatic nitrogens is 1. The smallest absolute Gasteiger partial charge is 0.196 e. The maximum atomic E-state index is 6.09. The standard InChI is InChI=1S/C13H16Cl2N2OS/c1-13(2,3)17-5-4-11-16-7-9(18-11)8-6-10(14)19-12(8)15/h6-7,17H,4-5H2,1-3H3. The van der Waals surface area contributed by atoms with Gasteiger partial charge in [-0.2, -0.15) is 0 Å². The van der Waals surface area contributed by atoms with Crippen LogP contribution in [0.3, 0.4) is 0 Å². The van der Waals surface area contributed by atoms with Gasteiger partial charge in [0.2, 0.25) is 0 Å². The van der Waals surface area contributed by atoms with E-state index in [0.29, 0.717) is 20.3 Å². The minimum Gasteiger partial charge on any atom is -0.441 e. The average molecular weight is 319 g/mol. The molecule has 0 aliphatic heterocycles. The van der Waals surface area contributed by atoms with Gasteiger partial charge >= 0.3 is 0 Å². The fraction of sp³-hybridized carbons (Fsp3) is 0.462. The molecule has 0 aliphatic rings. The van der Waals surface area contributed by atoms with Crippen LogP contribution in [0.15, 0.2) is 16.7 Å². The van der Waals surface area contributed by atoms with Crippen LogP contribution in [-0.2, 0) is 6.42 Å². The van der Waals surface area contributed by atoms with Gasteiger partial charge in [-0.1, -0.05) is 23.2 Å². The summed E-state index contributed by atoms with van der Waals surface area (Å²) < 4.78 is 6.96. The topological polar surface area (TPSA) is 38.1 Å². The van der Waals surface area contributed by atoms with Crippen LogP contribution in [0.25, 0.3) is 11.3 Å². The van der Waals surface area contributed by atoms with E-state index in [-0.39, 0.29) is 5.54 Å². The molecular weight excluding hydrogens is 303 g/mol. The number of thiophene rings is 1. The van der Waals surface area contributed by atoms with E-state index in [2.05, 4.69) is 31.1 Å². The summed E-state index contributed by atoms with van der Waals surface area (Å²) in [5, 5.41) is 3.39. The van der Waals surface area contributed by atoms with Crippen LogP contribution in [0.1, 0.15) is 26.7 Å². The molecule has 0 unspecified atom stereocenters. The molecule has 1 N–H and O–H groups in total. The van der Waals surface area contributed by atoms with Crippen molar-refractivity contribution in [3.8, 4) is 11.3 Å². The first-order chi connectivity index (χ1) is 8.85. The molecule has 2 heterocycles. The van der Waals surface area contributed by atoms with Crippen molar-refractivity contribution >= 4 is 34.5 Å². The first kappa shape index (κ1) is 14.9. The molecule has 0 radical (unpaired) electrons. The maximum Gasteiger partial charge on any atom is 0.196 e. The average Bonchev–Trinajstić information content (AvgIpc) is 2.83. The summed E-state index contributed by atoms with van der Waals surface area (Å²) in [6.45, 7) is 7.20. The molecule has 2 rings (SSSR count). The quantitative estimate of drug-likeness (QED) is 0.892. The van der Waals surface area contributed by atoms with Crippen LogP contribution in [0.5, 0.6) is 0 Å². The fourth-order valence-electron chi connectivity index (χ4n) is 1.60. The third-order valence-electron chi connectivity index (χ3n) is 2.47. The summed E-state index contributed by atoms with van der Waals surface area (Å²) in [5.74, 6) is 1.36. The summed E-state index contributed by atoms with van der Waals surface area (Å²) in [4.78, 5) is 4.26. The van der Waals surface area contributed by atoms with E-state index < -0.39 is 0 Å². The van der Waals surface area contributed by atoms with Crippen LogP contribution >= 0.6 is 34.5 Å². The predicted octanol–water partition coefficient (Wildman–Crippen LogP) is 4.64. The van der Waals surface area contributed by atoms with Crippen molar-refractivity contribution in [1.82, 2.24) is 10.3 Å². The number of halogens is 2. The zero-order chi connectivity index (χ0) is 14.0. The Morgan fingerprint density at radius 1 is 1.37 bits per heavy atom. The van der Waals surface area contributed by atoms with Gasteiger partial charge in [0.25, 0.3) is 0 Å². The largest absolute Gasteiger partial charge is 0.441 e. The molecule has 0 atom stereocenters. The molecule has 2 aromatic heterocycles. The predicted molar refractivity (Wildman–Crippen MR) is 81.3 cm³/mol. The Balaban J connectivity index is 2.01. The number of hydrogen-bond donors (Lipinski definition) is 1. The summed E-state index contributed by atoms with van der Waals surface area (Å²) in [6.07, 6.45) is 2.43. The fourth-order valence-corrected chi connectivity index (χ4v) is 3.08. The summed E-state index contributed by atoms with van der Waals surface area (Å²) in [6, 6.07) is 1.80. The van der Waals surface area contributed by atoms with Crippen molar-refractivity contribution in [3.63, 3.8) is 0 Å². The molecule has 0 aromatic carbocycles. The van der Waals surface area contributed by atoms with E-state index in [1.54, 1.807) is 12.3 Å². The van der Waals surface area contributed by atoms with Crippen LogP contribution < -0.4 is 5.32 Å². The second kappa shape index (κ2) is 5.83. The Kier molecular flexibility index (Phi) is 4.56. The molecule has 0 saturated heterocycles. The normalized spacial score (nSPS) is 12.1. The van der Waals surface area contributed by atoms with E-state index in [4.69, 9.17) is 27.6 Å². The first-order valence-electron chi connectivity index (χ1n) is 6.00. The highest BCUT2D eigenvalue weighted by molar-refractivity contribution is 7.20. The van der Waals surface area contributed by atoms with Crippen molar-refractivity contribution in [2.45, 2.75) is 32.7 Å². The van der Waals surface area contributed by atoms with Gasteiger partial charge in [0.15, 0.2) is 11.7 Å². The lowest BCUT2D eigenvalue weighted by Gasteiger charge is -2.19. The lowest BCUT2D eigenvalue weighted by Crippen LogP contribution is -2.37. The molecule has 0 aliphatic carbocycles. The van der Waals surface area contributed by atoms with Crippen LogP contribution in [-0.4, -0.2) is 17.1 Å². The van der Waals surface area contributed by atoms with Gasteiger partial charge in [-0.05, 0) is 26.8 Å². The molecule has 6 heteroatoms. The Labute approximate surface area is 126 Å². The van der Waals surface area contributed by atoms with E-state index in [9.17, 15) is 0 Å². The van der Waals surface area contributed by atoms with Crippen molar-refractivity contribution in [2.24, 2.45) is 0 Å². The highest BCUT2D eigenvalue weighted by atomic mass is 35.5. The number of rotatable bonds is 4. The summed E-state index contributed by atoms with van der Waals surface area (Å²) in [7, 11) is 0. The second-order valence-corrected chi connectivity index (χ2v) is 7.57. The highest BCUT2D eigenvalue weighted by Crippen LogP contribution is 2.38. The summed E-state index contributed by atoms with van der Waals surface area (Å²) >= 11 is 13.3. The van der Waals surface area contributed by atoms with Crippen LogP contribution in [0, 0.1) is 0 Å². The van der Waals surface area contributed by atoms with Gasteiger partial charge in [-0.25, -0.2) is 4.98 Å². The molecular formula is C13H16Cl2N2OS. The lowest BCUT2D eigenvalue weighted by molar-refractivity contribution is 0.412. The van der Waals surface area contributed by atoms with E-state index >= 15 is 0 Å². The van der Waals surface area contributed by atoms with Gasteiger partial charge < -0.3 is 9.73 Å². The number of nitrogens with one attached hydrogen (secondary N) is 1. The van der Waals surface area contributed by atoms with Crippen LogP contribution in [0.2, 0.25) is 8.67 Å². The van der Waals surface area contributed by atoms with E-state index in [0.717, 1.165) is 18.5 Å². The minimum atomic E-state index is 0.0968. The Hall–Kier alpha value is -0.550. The zero-order valence-electron chi connectivity index (χ0n) is 11.1. The van der Waals surface area contributed by atoms with Gasteiger partial charge in [-0.3, -0.25) is 0 Å². The minimum absolute atomic E-state index is 0.0968. The lowest BCUT2D eigenvalue weighted by atomic mass is 10.1. The first-order valence-corrected chi connectivity index (χ1v) is 7.57. The molecule has 19 heavy (non-hydrogen) atoms. The number of nitrogens with zero attached hydrogens (tertiary/aromatic N) is 1. The van der Waals surface area contributed by atoms with E-state index in [1.165, 1.54) is 11.3 Å². The molecule has 0 bridgehead atoms. The summed E-state index contributed by atoms with van der Waals surface area (Å²) in [5.41, 5.74) is 0.902. The van der Waals surface area contributed by atoms with Crippen molar-refractivity contribution in [2.75, 3.05) is 6.54 Å². The Morgan fingerprint density at radius 2 is 2.11 bits per heavy atom. The van der Waals surface area contributed by atoms with Crippen LogP contribution in [0.4, 0.5) is 0 Å².